The highest BCUT2D eigenvalue weighted by molar-refractivity contribution is 6.38. The molecule has 27 heavy (non-hydrogen) atoms. The number of fused-ring (bicyclic) bond motifs is 1. The topological polar surface area (TPSA) is 61.4 Å². The van der Waals surface area contributed by atoms with Crippen molar-refractivity contribution in [1.29, 1.82) is 0 Å². The van der Waals surface area contributed by atoms with E-state index in [1.807, 2.05) is 0 Å². The van der Waals surface area contributed by atoms with E-state index in [1.165, 1.54) is 16.7 Å². The molecule has 3 aromatic rings. The average Bonchev–Trinajstić information content (AvgIpc) is 2.60. The third-order valence-electron chi connectivity index (χ3n) is 3.85. The summed E-state index contributed by atoms with van der Waals surface area (Å²) in [5, 5.41) is 1.66. The molecule has 142 valence electrons. The highest BCUT2D eigenvalue weighted by Gasteiger charge is 2.14. The van der Waals surface area contributed by atoms with E-state index in [0.717, 1.165) is 0 Å². The fourth-order valence-electron chi connectivity index (χ4n) is 2.62. The molecule has 0 spiro atoms. The third kappa shape index (κ3) is 4.61. The van der Waals surface area contributed by atoms with Crippen LogP contribution in [0.4, 0.5) is 0 Å². The molecular weight excluding hydrogens is 436 g/mol. The number of aryl methyl sites for hydroxylation is 1. The first-order chi connectivity index (χ1) is 12.9. The second kappa shape index (κ2) is 8.57. The Labute approximate surface area is 174 Å². The molecule has 0 aliphatic heterocycles. The van der Waals surface area contributed by atoms with Gasteiger partial charge >= 0.3 is 11.4 Å². The van der Waals surface area contributed by atoms with Gasteiger partial charge in [-0.3, -0.25) is 4.57 Å². The molecule has 1 aromatic heterocycles. The lowest BCUT2D eigenvalue weighted by atomic mass is 10.2. The van der Waals surface area contributed by atoms with E-state index in [0.29, 0.717) is 47.3 Å². The van der Waals surface area contributed by atoms with Crippen LogP contribution >= 0.6 is 46.4 Å². The summed E-state index contributed by atoms with van der Waals surface area (Å²) in [6, 6.07) is 7.87. The Kier molecular flexibility index (Phi) is 6.37. The molecule has 2 aromatic carbocycles. The van der Waals surface area contributed by atoms with Crippen LogP contribution < -0.4 is 16.1 Å². The third-order valence-corrected chi connectivity index (χ3v) is 4.90. The average molecular weight is 449 g/mol. The van der Waals surface area contributed by atoms with Gasteiger partial charge in [-0.15, -0.1) is 0 Å². The first-order valence-corrected chi connectivity index (χ1v) is 9.48. The van der Waals surface area contributed by atoms with Gasteiger partial charge in [-0.05, 0) is 37.1 Å². The van der Waals surface area contributed by atoms with E-state index in [4.69, 9.17) is 55.6 Å². The highest BCUT2D eigenvalue weighted by atomic mass is 35.5. The first kappa shape index (κ1) is 20.1. The van der Waals surface area contributed by atoms with E-state index < -0.39 is 11.4 Å². The number of ether oxygens (including phenoxy) is 1. The summed E-state index contributed by atoms with van der Waals surface area (Å²) in [5.74, 6) is -0.272. The van der Waals surface area contributed by atoms with Crippen LogP contribution in [0.3, 0.4) is 0 Å². The van der Waals surface area contributed by atoms with Crippen molar-refractivity contribution >= 4 is 57.3 Å². The molecule has 0 atom stereocenters. The van der Waals surface area contributed by atoms with Gasteiger partial charge in [0, 0.05) is 22.7 Å². The number of hydrogen-bond acceptors (Lipinski definition) is 4. The fraction of sp³-hybridized carbons (Fsp3) is 0.222. The number of nitrogens with zero attached hydrogens (tertiary/aromatic N) is 1. The van der Waals surface area contributed by atoms with Gasteiger partial charge in [0.25, 0.3) is 0 Å². The summed E-state index contributed by atoms with van der Waals surface area (Å²) in [6.45, 7) is 0.677. The van der Waals surface area contributed by atoms with Crippen molar-refractivity contribution in [1.82, 2.24) is 4.57 Å². The van der Waals surface area contributed by atoms with Gasteiger partial charge in [-0.2, -0.15) is 0 Å². The lowest BCUT2D eigenvalue weighted by Gasteiger charge is -2.11. The Bertz CT molecular complexity index is 1110. The van der Waals surface area contributed by atoms with Crippen molar-refractivity contribution < 1.29 is 9.15 Å². The number of rotatable bonds is 6. The largest absolute Gasteiger partial charge is 0.492 e. The van der Waals surface area contributed by atoms with E-state index in [9.17, 15) is 9.59 Å². The summed E-state index contributed by atoms with van der Waals surface area (Å²) in [7, 11) is 0. The predicted molar refractivity (Wildman–Crippen MR) is 108 cm³/mol. The van der Waals surface area contributed by atoms with Crippen LogP contribution in [0.15, 0.2) is 44.3 Å². The number of benzene rings is 2. The second-order valence-corrected chi connectivity index (χ2v) is 7.41. The lowest BCUT2D eigenvalue weighted by Crippen LogP contribution is -2.25. The van der Waals surface area contributed by atoms with E-state index in [-0.39, 0.29) is 15.4 Å². The van der Waals surface area contributed by atoms with Gasteiger partial charge in [0.15, 0.2) is 0 Å². The molecule has 0 aliphatic carbocycles. The van der Waals surface area contributed by atoms with Crippen molar-refractivity contribution in [3.63, 3.8) is 0 Å². The van der Waals surface area contributed by atoms with E-state index in [1.54, 1.807) is 18.2 Å². The standard InChI is InChI=1S/C18H13Cl4NO4/c19-10-3-4-13(21)15(9-10)26-6-2-1-5-23-16-12(17(24)27-18(23)25)7-11(20)8-14(16)22/h3-4,7-9H,1-2,5-6H2. The van der Waals surface area contributed by atoms with E-state index in [2.05, 4.69) is 0 Å². The number of aromatic nitrogens is 1. The molecule has 0 N–H and O–H groups in total. The zero-order chi connectivity index (χ0) is 19.6. The molecule has 0 unspecified atom stereocenters. The summed E-state index contributed by atoms with van der Waals surface area (Å²) >= 11 is 24.1. The summed E-state index contributed by atoms with van der Waals surface area (Å²) in [6.07, 6.45) is 1.21. The molecule has 0 amide bonds. The molecular formula is C18H13Cl4NO4. The first-order valence-electron chi connectivity index (χ1n) is 7.97. The molecule has 0 radical (unpaired) electrons. The second-order valence-electron chi connectivity index (χ2n) is 5.72. The zero-order valence-electron chi connectivity index (χ0n) is 13.8. The minimum absolute atomic E-state index is 0.161. The Morgan fingerprint density at radius 2 is 1.70 bits per heavy atom. The Balaban J connectivity index is 1.71. The maximum Gasteiger partial charge on any atom is 0.422 e. The smallest absolute Gasteiger partial charge is 0.422 e. The Hall–Kier alpha value is -1.66. The number of hydrogen-bond donors (Lipinski definition) is 0. The van der Waals surface area contributed by atoms with Gasteiger partial charge in [0.2, 0.25) is 0 Å². The van der Waals surface area contributed by atoms with Crippen molar-refractivity contribution in [2.75, 3.05) is 6.61 Å². The van der Waals surface area contributed by atoms with Gasteiger partial charge in [0.1, 0.15) is 5.75 Å². The van der Waals surface area contributed by atoms with Crippen LogP contribution in [0.1, 0.15) is 12.8 Å². The summed E-state index contributed by atoms with van der Waals surface area (Å²) < 4.78 is 11.7. The SMILES string of the molecule is O=c1oc(=O)n(CCCCOc2cc(Cl)ccc2Cl)c2c(Cl)cc(Cl)cc12. The molecule has 0 fully saturated rings. The minimum atomic E-state index is -0.769. The Morgan fingerprint density at radius 3 is 2.48 bits per heavy atom. The molecule has 0 saturated carbocycles. The fourth-order valence-corrected chi connectivity index (χ4v) is 3.55. The van der Waals surface area contributed by atoms with Gasteiger partial charge in [-0.25, -0.2) is 9.59 Å². The van der Waals surface area contributed by atoms with Crippen LogP contribution in [0.25, 0.3) is 10.9 Å². The van der Waals surface area contributed by atoms with Crippen molar-refractivity contribution in [2.45, 2.75) is 19.4 Å². The van der Waals surface area contributed by atoms with Crippen LogP contribution in [0.2, 0.25) is 20.1 Å². The Morgan fingerprint density at radius 1 is 0.926 bits per heavy atom. The quantitative estimate of drug-likeness (QED) is 0.472. The molecule has 9 heteroatoms. The lowest BCUT2D eigenvalue weighted by molar-refractivity contribution is 0.301. The minimum Gasteiger partial charge on any atom is -0.492 e. The van der Waals surface area contributed by atoms with Crippen LogP contribution in [-0.2, 0) is 6.54 Å². The normalized spacial score (nSPS) is 11.1. The molecule has 5 nitrogen and oxygen atoms in total. The molecule has 1 heterocycles. The monoisotopic (exact) mass is 447 g/mol. The van der Waals surface area contributed by atoms with Crippen LogP contribution in [0, 0.1) is 0 Å². The van der Waals surface area contributed by atoms with Gasteiger partial charge < -0.3 is 9.15 Å². The number of halogens is 4. The zero-order valence-corrected chi connectivity index (χ0v) is 16.8. The van der Waals surface area contributed by atoms with Crippen molar-refractivity contribution in [3.05, 3.63) is 71.4 Å². The maximum atomic E-state index is 12.1. The summed E-state index contributed by atoms with van der Waals surface area (Å²) in [4.78, 5) is 24.0. The predicted octanol–water partition coefficient (Wildman–Crippen LogP) is 5.43. The molecule has 0 bridgehead atoms. The highest BCUT2D eigenvalue weighted by Crippen LogP contribution is 2.28. The number of unbranched alkanes of at least 4 members (excludes halogenated alkanes) is 1. The molecule has 3 rings (SSSR count). The summed E-state index contributed by atoms with van der Waals surface area (Å²) in [5.41, 5.74) is -0.462. The van der Waals surface area contributed by atoms with E-state index >= 15 is 0 Å². The molecule has 0 saturated heterocycles. The van der Waals surface area contributed by atoms with Crippen LogP contribution in [-0.4, -0.2) is 11.2 Å². The van der Waals surface area contributed by atoms with Gasteiger partial charge in [0.05, 0.1) is 27.6 Å². The van der Waals surface area contributed by atoms with Crippen LogP contribution in [0.5, 0.6) is 5.75 Å². The maximum absolute atomic E-state index is 12.1. The van der Waals surface area contributed by atoms with Gasteiger partial charge in [-0.1, -0.05) is 46.4 Å². The molecule has 0 aliphatic rings. The van der Waals surface area contributed by atoms with Crippen molar-refractivity contribution in [2.24, 2.45) is 0 Å². The van der Waals surface area contributed by atoms with Crippen molar-refractivity contribution in [3.8, 4) is 5.75 Å².